The molecule has 1 unspecified atom stereocenters. The van der Waals surface area contributed by atoms with Gasteiger partial charge in [0.1, 0.15) is 12.0 Å². The zero-order valence-corrected chi connectivity index (χ0v) is 11.8. The van der Waals surface area contributed by atoms with Gasteiger partial charge < -0.3 is 10.4 Å². The van der Waals surface area contributed by atoms with Crippen molar-refractivity contribution < 1.29 is 10.0 Å². The summed E-state index contributed by atoms with van der Waals surface area (Å²) in [6.07, 6.45) is 1.84. The topological polar surface area (TPSA) is 88.3 Å². The van der Waals surface area contributed by atoms with Crippen LogP contribution in [-0.4, -0.2) is 27.7 Å². The zero-order chi connectivity index (χ0) is 14.6. The third-order valence-electron chi connectivity index (χ3n) is 3.05. The lowest BCUT2D eigenvalue weighted by Crippen LogP contribution is -2.35. The van der Waals surface area contributed by atoms with Crippen LogP contribution in [0.4, 0.5) is 11.5 Å². The summed E-state index contributed by atoms with van der Waals surface area (Å²) in [4.78, 5) is 14.3. The average Bonchev–Trinajstić information content (AvgIpc) is 2.29. The van der Waals surface area contributed by atoms with Crippen LogP contribution in [0.2, 0.25) is 0 Å². The van der Waals surface area contributed by atoms with E-state index >= 15 is 0 Å². The molecule has 0 aliphatic rings. The molecule has 2 N–H and O–H groups in total. The Morgan fingerprint density at radius 1 is 1.53 bits per heavy atom. The molecule has 1 rings (SSSR count). The van der Waals surface area contributed by atoms with Gasteiger partial charge in [-0.3, -0.25) is 10.1 Å². The van der Waals surface area contributed by atoms with E-state index in [1.807, 2.05) is 0 Å². The second-order valence-electron chi connectivity index (χ2n) is 5.69. The van der Waals surface area contributed by atoms with Crippen molar-refractivity contribution in [2.45, 2.75) is 40.2 Å². The standard InChI is InChI=1S/C13H21N3O3/c1-9-7-10(16(18)19)8-14-12(9)15-11(5-6-17)13(2,3)4/h7-8,11,17H,5-6H2,1-4H3,(H,14,15). The first-order valence-corrected chi connectivity index (χ1v) is 6.24. The van der Waals surface area contributed by atoms with E-state index in [1.165, 1.54) is 12.3 Å². The minimum absolute atomic E-state index is 0.0162. The lowest BCUT2D eigenvalue weighted by atomic mass is 9.85. The molecule has 106 valence electrons. The molecule has 0 radical (unpaired) electrons. The monoisotopic (exact) mass is 267 g/mol. The molecule has 0 aliphatic carbocycles. The van der Waals surface area contributed by atoms with Gasteiger partial charge in [0.05, 0.1) is 4.92 Å². The molecule has 0 bridgehead atoms. The van der Waals surface area contributed by atoms with Gasteiger partial charge in [-0.15, -0.1) is 0 Å². The maximum absolute atomic E-state index is 10.7. The summed E-state index contributed by atoms with van der Waals surface area (Å²) in [5.74, 6) is 0.624. The molecule has 19 heavy (non-hydrogen) atoms. The molecule has 0 aliphatic heterocycles. The zero-order valence-electron chi connectivity index (χ0n) is 11.8. The molecule has 0 saturated carbocycles. The van der Waals surface area contributed by atoms with Crippen LogP contribution in [0.25, 0.3) is 0 Å². The molecule has 0 amide bonds. The number of pyridine rings is 1. The summed E-state index contributed by atoms with van der Waals surface area (Å²) in [5, 5.41) is 23.0. The van der Waals surface area contributed by atoms with Gasteiger partial charge in [-0.2, -0.15) is 0 Å². The lowest BCUT2D eigenvalue weighted by Gasteiger charge is -2.32. The van der Waals surface area contributed by atoms with Crippen molar-refractivity contribution in [3.63, 3.8) is 0 Å². The number of nitrogens with zero attached hydrogens (tertiary/aromatic N) is 2. The molecular formula is C13H21N3O3. The van der Waals surface area contributed by atoms with Gasteiger partial charge in [-0.05, 0) is 24.3 Å². The van der Waals surface area contributed by atoms with E-state index in [-0.39, 0.29) is 23.8 Å². The molecular weight excluding hydrogens is 246 g/mol. The summed E-state index contributed by atoms with van der Waals surface area (Å²) in [6.45, 7) is 8.07. The Hall–Kier alpha value is -1.69. The molecule has 1 aromatic heterocycles. The maximum Gasteiger partial charge on any atom is 0.287 e. The van der Waals surface area contributed by atoms with Crippen LogP contribution in [0.15, 0.2) is 12.3 Å². The fraction of sp³-hybridized carbons (Fsp3) is 0.615. The van der Waals surface area contributed by atoms with E-state index in [0.717, 1.165) is 5.56 Å². The van der Waals surface area contributed by atoms with Crippen LogP contribution in [0, 0.1) is 22.5 Å². The van der Waals surface area contributed by atoms with E-state index in [4.69, 9.17) is 5.11 Å². The fourth-order valence-electron chi connectivity index (χ4n) is 1.83. The SMILES string of the molecule is Cc1cc([N+](=O)[O-])cnc1NC(CCO)C(C)(C)C. The van der Waals surface area contributed by atoms with Crippen LogP contribution in [0.3, 0.4) is 0 Å². The minimum atomic E-state index is -0.460. The van der Waals surface area contributed by atoms with Gasteiger partial charge in [0.2, 0.25) is 0 Å². The van der Waals surface area contributed by atoms with Crippen LogP contribution < -0.4 is 5.32 Å². The number of anilines is 1. The predicted octanol–water partition coefficient (Wildman–Crippen LogP) is 2.51. The largest absolute Gasteiger partial charge is 0.396 e. The number of rotatable bonds is 5. The normalized spacial score (nSPS) is 13.1. The molecule has 6 nitrogen and oxygen atoms in total. The van der Waals surface area contributed by atoms with Crippen LogP contribution in [0.1, 0.15) is 32.8 Å². The lowest BCUT2D eigenvalue weighted by molar-refractivity contribution is -0.385. The molecule has 1 heterocycles. The number of aliphatic hydroxyl groups excluding tert-OH is 1. The van der Waals surface area contributed by atoms with Crippen molar-refractivity contribution in [2.24, 2.45) is 5.41 Å². The number of hydrogen-bond donors (Lipinski definition) is 2. The highest BCUT2D eigenvalue weighted by molar-refractivity contribution is 5.49. The highest BCUT2D eigenvalue weighted by Gasteiger charge is 2.25. The van der Waals surface area contributed by atoms with E-state index in [9.17, 15) is 10.1 Å². The number of nitrogens with one attached hydrogen (secondary N) is 1. The second kappa shape index (κ2) is 5.97. The van der Waals surface area contributed by atoms with E-state index in [1.54, 1.807) is 6.92 Å². The van der Waals surface area contributed by atoms with Gasteiger partial charge in [-0.1, -0.05) is 20.8 Å². The van der Waals surface area contributed by atoms with E-state index in [2.05, 4.69) is 31.1 Å². The Morgan fingerprint density at radius 2 is 2.16 bits per heavy atom. The number of nitro groups is 1. The highest BCUT2D eigenvalue weighted by atomic mass is 16.6. The summed E-state index contributed by atoms with van der Waals surface area (Å²) < 4.78 is 0. The molecule has 1 atom stereocenters. The van der Waals surface area contributed by atoms with E-state index < -0.39 is 4.92 Å². The Balaban J connectivity index is 2.94. The summed E-state index contributed by atoms with van der Waals surface area (Å²) in [7, 11) is 0. The summed E-state index contributed by atoms with van der Waals surface area (Å²) in [6, 6.07) is 1.54. The predicted molar refractivity (Wildman–Crippen MR) is 74.2 cm³/mol. The Labute approximate surface area is 113 Å². The second-order valence-corrected chi connectivity index (χ2v) is 5.69. The highest BCUT2D eigenvalue weighted by Crippen LogP contribution is 2.27. The summed E-state index contributed by atoms with van der Waals surface area (Å²) in [5.41, 5.74) is 0.664. The molecule has 6 heteroatoms. The molecule has 0 fully saturated rings. The van der Waals surface area contributed by atoms with Crippen molar-refractivity contribution in [3.05, 3.63) is 27.9 Å². The molecule has 0 saturated heterocycles. The first kappa shape index (κ1) is 15.4. The molecule has 1 aromatic rings. The average molecular weight is 267 g/mol. The third kappa shape index (κ3) is 4.17. The van der Waals surface area contributed by atoms with Gasteiger partial charge in [0.15, 0.2) is 0 Å². The fourth-order valence-corrected chi connectivity index (χ4v) is 1.83. The first-order chi connectivity index (χ1) is 8.75. The smallest absolute Gasteiger partial charge is 0.287 e. The van der Waals surface area contributed by atoms with Crippen LogP contribution in [0.5, 0.6) is 0 Å². The van der Waals surface area contributed by atoms with Gasteiger partial charge >= 0.3 is 0 Å². The first-order valence-electron chi connectivity index (χ1n) is 6.24. The summed E-state index contributed by atoms with van der Waals surface area (Å²) >= 11 is 0. The third-order valence-corrected chi connectivity index (χ3v) is 3.05. The van der Waals surface area contributed by atoms with Crippen molar-refractivity contribution in [2.75, 3.05) is 11.9 Å². The van der Waals surface area contributed by atoms with E-state index in [0.29, 0.717) is 12.2 Å². The Bertz CT molecular complexity index is 455. The van der Waals surface area contributed by atoms with Gasteiger partial charge in [0, 0.05) is 18.7 Å². The Morgan fingerprint density at radius 3 is 2.58 bits per heavy atom. The molecule has 0 aromatic carbocycles. The quantitative estimate of drug-likeness (QED) is 0.632. The van der Waals surface area contributed by atoms with Crippen molar-refractivity contribution in [3.8, 4) is 0 Å². The number of aromatic nitrogens is 1. The van der Waals surface area contributed by atoms with Crippen molar-refractivity contribution in [1.29, 1.82) is 0 Å². The number of aliphatic hydroxyl groups is 1. The van der Waals surface area contributed by atoms with Crippen molar-refractivity contribution >= 4 is 11.5 Å². The van der Waals surface area contributed by atoms with Gasteiger partial charge in [0.25, 0.3) is 5.69 Å². The Kier molecular flexibility index (Phi) is 4.83. The van der Waals surface area contributed by atoms with Crippen LogP contribution in [-0.2, 0) is 0 Å². The number of aryl methyl sites for hydroxylation is 1. The molecule has 0 spiro atoms. The minimum Gasteiger partial charge on any atom is -0.396 e. The van der Waals surface area contributed by atoms with Gasteiger partial charge in [-0.25, -0.2) is 4.98 Å². The number of hydrogen-bond acceptors (Lipinski definition) is 5. The van der Waals surface area contributed by atoms with Crippen molar-refractivity contribution in [1.82, 2.24) is 4.98 Å². The maximum atomic E-state index is 10.7. The van der Waals surface area contributed by atoms with Crippen LogP contribution >= 0.6 is 0 Å².